The van der Waals surface area contributed by atoms with Crippen LogP contribution in [0, 0.1) is 11.8 Å². The van der Waals surface area contributed by atoms with E-state index < -0.39 is 10.7 Å². The quantitative estimate of drug-likeness (QED) is 0.733. The predicted octanol–water partition coefficient (Wildman–Crippen LogP) is 2.78. The fraction of sp³-hybridized carbons (Fsp3) is 0.769. The molecule has 0 spiro atoms. The van der Waals surface area contributed by atoms with Crippen molar-refractivity contribution in [1.82, 2.24) is 0 Å². The second-order valence-corrected chi connectivity index (χ2v) is 7.42. The normalized spacial score (nSPS) is 13.5. The molecular weight excluding hydrogens is 268 g/mol. The van der Waals surface area contributed by atoms with E-state index in [1.54, 1.807) is 13.8 Å². The Kier molecular flexibility index (Phi) is 7.22. The second-order valence-electron chi connectivity index (χ2n) is 5.28. The third kappa shape index (κ3) is 6.59. The topological polar surface area (TPSA) is 51.2 Å². The molecule has 0 aliphatic carbocycles. The van der Waals surface area contributed by atoms with Gasteiger partial charge in [0.15, 0.2) is 5.12 Å². The van der Waals surface area contributed by atoms with E-state index in [0.29, 0.717) is 5.75 Å². The molecule has 0 unspecified atom stereocenters. The minimum atomic E-state index is -0.736. The SMILES string of the molecule is CC(=O)[C@H](CSC(=O)C(C)C)CC(=O)C(C)(C)S. The highest BCUT2D eigenvalue weighted by Gasteiger charge is 2.28. The van der Waals surface area contributed by atoms with Gasteiger partial charge in [-0.15, -0.1) is 0 Å². The van der Waals surface area contributed by atoms with Crippen molar-refractivity contribution in [1.29, 1.82) is 0 Å². The van der Waals surface area contributed by atoms with Crippen LogP contribution in [0.4, 0.5) is 0 Å². The smallest absolute Gasteiger partial charge is 0.191 e. The Morgan fingerprint density at radius 1 is 1.22 bits per heavy atom. The Hall–Kier alpha value is -0.290. The molecule has 1 atom stereocenters. The fourth-order valence-corrected chi connectivity index (χ4v) is 2.29. The zero-order valence-electron chi connectivity index (χ0n) is 11.6. The molecule has 18 heavy (non-hydrogen) atoms. The van der Waals surface area contributed by atoms with Crippen LogP contribution in [-0.2, 0) is 14.4 Å². The van der Waals surface area contributed by atoms with Crippen LogP contribution in [0.3, 0.4) is 0 Å². The van der Waals surface area contributed by atoms with Gasteiger partial charge in [-0.2, -0.15) is 12.6 Å². The highest BCUT2D eigenvalue weighted by molar-refractivity contribution is 8.13. The molecule has 5 heteroatoms. The Morgan fingerprint density at radius 3 is 2.06 bits per heavy atom. The number of Topliss-reactive ketones (excluding diaryl/α,β-unsaturated/α-hetero) is 2. The molecule has 0 aromatic carbocycles. The first-order valence-electron chi connectivity index (χ1n) is 5.98. The van der Waals surface area contributed by atoms with E-state index >= 15 is 0 Å². The third-order valence-corrected chi connectivity index (χ3v) is 4.16. The van der Waals surface area contributed by atoms with Crippen LogP contribution in [0.15, 0.2) is 0 Å². The molecule has 0 aromatic rings. The molecule has 0 aliphatic rings. The lowest BCUT2D eigenvalue weighted by atomic mass is 9.94. The van der Waals surface area contributed by atoms with Crippen molar-refractivity contribution in [2.75, 3.05) is 5.75 Å². The van der Waals surface area contributed by atoms with Crippen LogP contribution >= 0.6 is 24.4 Å². The summed E-state index contributed by atoms with van der Waals surface area (Å²) in [6, 6.07) is 0. The number of thioether (sulfide) groups is 1. The van der Waals surface area contributed by atoms with Gasteiger partial charge in [-0.3, -0.25) is 14.4 Å². The molecule has 3 nitrogen and oxygen atoms in total. The van der Waals surface area contributed by atoms with E-state index in [1.165, 1.54) is 6.92 Å². The van der Waals surface area contributed by atoms with Gasteiger partial charge in [0, 0.05) is 24.0 Å². The first-order chi connectivity index (χ1) is 8.05. The van der Waals surface area contributed by atoms with E-state index in [9.17, 15) is 14.4 Å². The molecule has 0 radical (unpaired) electrons. The van der Waals surface area contributed by atoms with Crippen molar-refractivity contribution in [3.05, 3.63) is 0 Å². The van der Waals surface area contributed by atoms with Gasteiger partial charge in [0.05, 0.1) is 4.75 Å². The number of ketones is 2. The molecule has 0 amide bonds. The summed E-state index contributed by atoms with van der Waals surface area (Å²) in [4.78, 5) is 34.8. The van der Waals surface area contributed by atoms with Gasteiger partial charge in [0.25, 0.3) is 0 Å². The first kappa shape index (κ1) is 17.7. The zero-order valence-corrected chi connectivity index (χ0v) is 13.4. The van der Waals surface area contributed by atoms with Crippen molar-refractivity contribution in [3.8, 4) is 0 Å². The van der Waals surface area contributed by atoms with Crippen LogP contribution in [0.25, 0.3) is 0 Å². The Balaban J connectivity index is 4.47. The maximum absolute atomic E-state index is 11.8. The summed E-state index contributed by atoms with van der Waals surface area (Å²) in [7, 11) is 0. The highest BCUT2D eigenvalue weighted by Crippen LogP contribution is 2.23. The number of thiol groups is 1. The summed E-state index contributed by atoms with van der Waals surface area (Å²) < 4.78 is -0.736. The second kappa shape index (κ2) is 7.34. The summed E-state index contributed by atoms with van der Waals surface area (Å²) in [6.45, 7) is 8.52. The average molecular weight is 290 g/mol. The predicted molar refractivity (Wildman–Crippen MR) is 79.2 cm³/mol. The summed E-state index contributed by atoms with van der Waals surface area (Å²) in [6.07, 6.45) is 0.157. The summed E-state index contributed by atoms with van der Waals surface area (Å²) in [5, 5.41) is 0.0545. The Labute approximate surface area is 119 Å². The lowest BCUT2D eigenvalue weighted by Crippen LogP contribution is -2.30. The molecule has 0 bridgehead atoms. The molecule has 0 aliphatic heterocycles. The monoisotopic (exact) mass is 290 g/mol. The number of rotatable bonds is 7. The molecule has 0 saturated carbocycles. The van der Waals surface area contributed by atoms with Gasteiger partial charge in [-0.1, -0.05) is 25.6 Å². The van der Waals surface area contributed by atoms with Gasteiger partial charge in [-0.05, 0) is 20.8 Å². The van der Waals surface area contributed by atoms with Crippen LogP contribution in [0.5, 0.6) is 0 Å². The first-order valence-corrected chi connectivity index (χ1v) is 7.41. The Morgan fingerprint density at radius 2 is 1.72 bits per heavy atom. The standard InChI is InChI=1S/C13H22O3S2/c1-8(2)12(16)18-7-10(9(3)14)6-11(15)13(4,5)17/h8,10,17H,6-7H2,1-5H3/t10-/m0/s1. The van der Waals surface area contributed by atoms with Crippen molar-refractivity contribution in [2.24, 2.45) is 11.8 Å². The minimum Gasteiger partial charge on any atom is -0.300 e. The van der Waals surface area contributed by atoms with Gasteiger partial charge in [0.1, 0.15) is 11.6 Å². The van der Waals surface area contributed by atoms with Crippen LogP contribution in [0.2, 0.25) is 0 Å². The van der Waals surface area contributed by atoms with E-state index in [4.69, 9.17) is 0 Å². The number of hydrogen-bond donors (Lipinski definition) is 1. The van der Waals surface area contributed by atoms with Gasteiger partial charge in [0.2, 0.25) is 0 Å². The lowest BCUT2D eigenvalue weighted by molar-refractivity contribution is -0.126. The number of carbonyl (C=O) groups is 3. The van der Waals surface area contributed by atoms with Crippen LogP contribution < -0.4 is 0 Å². The molecular formula is C13H22O3S2. The molecule has 0 heterocycles. The van der Waals surface area contributed by atoms with E-state index in [1.807, 2.05) is 13.8 Å². The van der Waals surface area contributed by atoms with Crippen molar-refractivity contribution in [2.45, 2.75) is 45.8 Å². The van der Waals surface area contributed by atoms with Crippen molar-refractivity contribution in [3.63, 3.8) is 0 Å². The van der Waals surface area contributed by atoms with E-state index in [2.05, 4.69) is 12.6 Å². The van der Waals surface area contributed by atoms with Crippen LogP contribution in [0.1, 0.15) is 41.0 Å². The lowest BCUT2D eigenvalue weighted by Gasteiger charge is -2.19. The molecule has 0 aromatic heterocycles. The third-order valence-electron chi connectivity index (χ3n) is 2.59. The highest BCUT2D eigenvalue weighted by atomic mass is 32.2. The number of carbonyl (C=O) groups excluding carboxylic acids is 3. The summed E-state index contributed by atoms with van der Waals surface area (Å²) in [5.41, 5.74) is 0. The molecule has 104 valence electrons. The van der Waals surface area contributed by atoms with Gasteiger partial charge < -0.3 is 0 Å². The van der Waals surface area contributed by atoms with Crippen LogP contribution in [-0.4, -0.2) is 27.2 Å². The summed E-state index contributed by atoms with van der Waals surface area (Å²) in [5.74, 6) is -0.188. The van der Waals surface area contributed by atoms with Gasteiger partial charge >= 0.3 is 0 Å². The molecule has 0 N–H and O–H groups in total. The summed E-state index contributed by atoms with van der Waals surface area (Å²) >= 11 is 5.34. The van der Waals surface area contributed by atoms with Gasteiger partial charge in [-0.25, -0.2) is 0 Å². The van der Waals surface area contributed by atoms with E-state index in [0.717, 1.165) is 11.8 Å². The molecule has 0 fully saturated rings. The zero-order chi connectivity index (χ0) is 14.5. The minimum absolute atomic E-state index is 0.0509. The van der Waals surface area contributed by atoms with E-state index in [-0.39, 0.29) is 29.0 Å². The van der Waals surface area contributed by atoms with Crippen molar-refractivity contribution >= 4 is 41.1 Å². The molecule has 0 saturated heterocycles. The number of hydrogen-bond acceptors (Lipinski definition) is 5. The largest absolute Gasteiger partial charge is 0.300 e. The maximum atomic E-state index is 11.8. The van der Waals surface area contributed by atoms with Crippen molar-refractivity contribution < 1.29 is 14.4 Å². The maximum Gasteiger partial charge on any atom is 0.191 e. The Bertz CT molecular complexity index is 330. The molecule has 0 rings (SSSR count). The fourth-order valence-electron chi connectivity index (χ4n) is 1.14. The average Bonchev–Trinajstić information content (AvgIpc) is 2.21.